The maximum atomic E-state index is 12.0. The van der Waals surface area contributed by atoms with E-state index in [0.29, 0.717) is 23.6 Å². The zero-order chi connectivity index (χ0) is 15.4. The van der Waals surface area contributed by atoms with E-state index >= 15 is 0 Å². The molecular weight excluding hydrogens is 278 g/mol. The zero-order valence-electron chi connectivity index (χ0n) is 12.3. The number of nitrogens with one attached hydrogen (secondary N) is 1. The van der Waals surface area contributed by atoms with Crippen LogP contribution in [0, 0.1) is 0 Å². The fourth-order valence-corrected chi connectivity index (χ4v) is 2.35. The second-order valence-electron chi connectivity index (χ2n) is 5.03. The lowest BCUT2D eigenvalue weighted by molar-refractivity contribution is -0.120. The van der Waals surface area contributed by atoms with Gasteiger partial charge in [0, 0.05) is 11.9 Å². The molecule has 4 heteroatoms. The summed E-state index contributed by atoms with van der Waals surface area (Å²) in [5, 5.41) is 3.83. The van der Waals surface area contributed by atoms with Gasteiger partial charge in [-0.2, -0.15) is 0 Å². The molecule has 3 aromatic rings. The Morgan fingerprint density at radius 3 is 2.73 bits per heavy atom. The van der Waals surface area contributed by atoms with Crippen LogP contribution >= 0.6 is 0 Å². The van der Waals surface area contributed by atoms with Gasteiger partial charge in [-0.15, -0.1) is 0 Å². The first-order chi connectivity index (χ1) is 10.8. The van der Waals surface area contributed by atoms with Crippen molar-refractivity contribution >= 4 is 16.9 Å². The van der Waals surface area contributed by atoms with Gasteiger partial charge in [0.25, 0.3) is 0 Å². The molecule has 0 aliphatic rings. The summed E-state index contributed by atoms with van der Waals surface area (Å²) in [7, 11) is 1.60. The Bertz CT molecular complexity index is 777. The molecule has 0 fully saturated rings. The Morgan fingerprint density at radius 2 is 1.95 bits per heavy atom. The number of fused-ring (bicyclic) bond motifs is 1. The molecule has 1 aromatic heterocycles. The van der Waals surface area contributed by atoms with Gasteiger partial charge in [0.05, 0.1) is 13.5 Å². The van der Waals surface area contributed by atoms with E-state index in [1.807, 2.05) is 54.6 Å². The van der Waals surface area contributed by atoms with Crippen LogP contribution in [0.1, 0.15) is 11.3 Å². The van der Waals surface area contributed by atoms with Crippen molar-refractivity contribution in [3.63, 3.8) is 0 Å². The predicted octanol–water partition coefficient (Wildman–Crippen LogP) is 3.30. The van der Waals surface area contributed by atoms with Gasteiger partial charge < -0.3 is 14.5 Å². The number of para-hydroxylation sites is 1. The maximum Gasteiger partial charge on any atom is 0.227 e. The van der Waals surface area contributed by atoms with E-state index in [4.69, 9.17) is 9.15 Å². The summed E-state index contributed by atoms with van der Waals surface area (Å²) in [5.41, 5.74) is 1.75. The summed E-state index contributed by atoms with van der Waals surface area (Å²) < 4.78 is 11.0. The maximum absolute atomic E-state index is 12.0. The van der Waals surface area contributed by atoms with Crippen LogP contribution in [-0.2, 0) is 17.8 Å². The van der Waals surface area contributed by atoms with Crippen molar-refractivity contribution in [2.75, 3.05) is 7.11 Å². The van der Waals surface area contributed by atoms with E-state index in [1.54, 1.807) is 7.11 Å². The molecule has 0 bridgehead atoms. The van der Waals surface area contributed by atoms with Crippen LogP contribution in [0.15, 0.2) is 59.0 Å². The Morgan fingerprint density at radius 1 is 1.14 bits per heavy atom. The third-order valence-corrected chi connectivity index (χ3v) is 3.45. The van der Waals surface area contributed by atoms with Crippen molar-refractivity contribution < 1.29 is 13.9 Å². The number of methoxy groups -OCH3 is 1. The number of carbonyl (C=O) groups is 1. The largest absolute Gasteiger partial charge is 0.493 e. The van der Waals surface area contributed by atoms with Crippen molar-refractivity contribution in [2.45, 2.75) is 13.0 Å². The summed E-state index contributed by atoms with van der Waals surface area (Å²) in [5.74, 6) is 1.24. The lowest BCUT2D eigenvalue weighted by Gasteiger charge is -2.03. The highest BCUT2D eigenvalue weighted by Gasteiger charge is 2.11. The SMILES string of the molecule is COc1cccc2cc(CC(=O)NCc3ccccc3)oc12. The van der Waals surface area contributed by atoms with Crippen LogP contribution in [0.4, 0.5) is 0 Å². The predicted molar refractivity (Wildman–Crippen MR) is 84.8 cm³/mol. The van der Waals surface area contributed by atoms with Crippen LogP contribution in [0.2, 0.25) is 0 Å². The van der Waals surface area contributed by atoms with Crippen LogP contribution in [0.25, 0.3) is 11.0 Å². The molecule has 0 radical (unpaired) electrons. The van der Waals surface area contributed by atoms with Gasteiger partial charge >= 0.3 is 0 Å². The summed E-state index contributed by atoms with van der Waals surface area (Å²) in [6, 6.07) is 17.4. The van der Waals surface area contributed by atoms with Gasteiger partial charge in [-0.1, -0.05) is 42.5 Å². The number of amides is 1. The molecule has 0 saturated heterocycles. The fraction of sp³-hybridized carbons (Fsp3) is 0.167. The van der Waals surface area contributed by atoms with Gasteiger partial charge in [0.2, 0.25) is 5.91 Å². The summed E-state index contributed by atoms with van der Waals surface area (Å²) in [4.78, 5) is 12.0. The first kappa shape index (κ1) is 14.2. The summed E-state index contributed by atoms with van der Waals surface area (Å²) in [6.45, 7) is 0.517. The Labute approximate surface area is 128 Å². The highest BCUT2D eigenvalue weighted by Crippen LogP contribution is 2.28. The molecule has 112 valence electrons. The number of hydrogen-bond donors (Lipinski definition) is 1. The molecule has 0 aliphatic carbocycles. The molecule has 0 aliphatic heterocycles. The molecule has 4 nitrogen and oxygen atoms in total. The summed E-state index contributed by atoms with van der Waals surface area (Å²) >= 11 is 0. The first-order valence-electron chi connectivity index (χ1n) is 7.12. The normalized spacial score (nSPS) is 10.6. The second-order valence-corrected chi connectivity index (χ2v) is 5.03. The van der Waals surface area contributed by atoms with Gasteiger partial charge in [-0.25, -0.2) is 0 Å². The molecular formula is C18H17NO3. The highest BCUT2D eigenvalue weighted by atomic mass is 16.5. The number of ether oxygens (including phenoxy) is 1. The van der Waals surface area contributed by atoms with Gasteiger partial charge in [0.15, 0.2) is 11.3 Å². The molecule has 3 rings (SSSR count). The van der Waals surface area contributed by atoms with Crippen molar-refractivity contribution in [1.29, 1.82) is 0 Å². The topological polar surface area (TPSA) is 51.5 Å². The van der Waals surface area contributed by atoms with E-state index in [-0.39, 0.29) is 12.3 Å². The Balaban J connectivity index is 1.66. The van der Waals surface area contributed by atoms with Gasteiger partial charge in [-0.05, 0) is 17.7 Å². The Kier molecular flexibility index (Phi) is 4.10. The first-order valence-corrected chi connectivity index (χ1v) is 7.12. The molecule has 1 heterocycles. The molecule has 0 saturated carbocycles. The average molecular weight is 295 g/mol. The van der Waals surface area contributed by atoms with Gasteiger partial charge in [0.1, 0.15) is 5.76 Å². The van der Waals surface area contributed by atoms with Crippen molar-refractivity contribution in [1.82, 2.24) is 5.32 Å². The lowest BCUT2D eigenvalue weighted by Crippen LogP contribution is -2.24. The minimum atomic E-state index is -0.0677. The Hall–Kier alpha value is -2.75. The van der Waals surface area contributed by atoms with E-state index in [0.717, 1.165) is 10.9 Å². The number of hydrogen-bond acceptors (Lipinski definition) is 3. The number of furan rings is 1. The van der Waals surface area contributed by atoms with Gasteiger partial charge in [-0.3, -0.25) is 4.79 Å². The van der Waals surface area contributed by atoms with Crippen molar-refractivity contribution in [3.05, 3.63) is 65.9 Å². The molecule has 1 N–H and O–H groups in total. The average Bonchev–Trinajstić information content (AvgIpc) is 2.96. The van der Waals surface area contributed by atoms with Crippen molar-refractivity contribution in [3.8, 4) is 5.75 Å². The summed E-state index contributed by atoms with van der Waals surface area (Å²) in [6.07, 6.45) is 0.213. The van der Waals surface area contributed by atoms with E-state index in [1.165, 1.54) is 0 Å². The van der Waals surface area contributed by atoms with Crippen LogP contribution in [0.3, 0.4) is 0 Å². The van der Waals surface area contributed by atoms with Crippen molar-refractivity contribution in [2.24, 2.45) is 0 Å². The highest BCUT2D eigenvalue weighted by molar-refractivity contribution is 5.85. The molecule has 22 heavy (non-hydrogen) atoms. The molecule has 0 atom stereocenters. The quantitative estimate of drug-likeness (QED) is 0.785. The van der Waals surface area contributed by atoms with E-state index in [2.05, 4.69) is 5.32 Å². The monoisotopic (exact) mass is 295 g/mol. The molecule has 2 aromatic carbocycles. The standard InChI is InChI=1S/C18H17NO3/c1-21-16-9-5-8-14-10-15(22-18(14)16)11-17(20)19-12-13-6-3-2-4-7-13/h2-10H,11-12H2,1H3,(H,19,20). The zero-order valence-corrected chi connectivity index (χ0v) is 12.3. The molecule has 1 amide bonds. The smallest absolute Gasteiger partial charge is 0.227 e. The number of rotatable bonds is 5. The fourth-order valence-electron chi connectivity index (χ4n) is 2.35. The number of benzene rings is 2. The second kappa shape index (κ2) is 6.35. The minimum absolute atomic E-state index is 0.0677. The third kappa shape index (κ3) is 3.11. The van der Waals surface area contributed by atoms with Crippen LogP contribution in [0.5, 0.6) is 5.75 Å². The molecule has 0 spiro atoms. The third-order valence-electron chi connectivity index (χ3n) is 3.45. The van der Waals surface area contributed by atoms with Crippen LogP contribution in [-0.4, -0.2) is 13.0 Å². The lowest BCUT2D eigenvalue weighted by atomic mass is 10.2. The molecule has 0 unspecified atom stereocenters. The minimum Gasteiger partial charge on any atom is -0.493 e. The van der Waals surface area contributed by atoms with Crippen LogP contribution < -0.4 is 10.1 Å². The van der Waals surface area contributed by atoms with E-state index < -0.39 is 0 Å². The van der Waals surface area contributed by atoms with E-state index in [9.17, 15) is 4.79 Å². The number of carbonyl (C=O) groups excluding carboxylic acids is 1.